The van der Waals surface area contributed by atoms with Gasteiger partial charge in [0.1, 0.15) is 16.6 Å². The van der Waals surface area contributed by atoms with E-state index in [1.54, 1.807) is 6.07 Å². The molecule has 0 fully saturated rings. The lowest BCUT2D eigenvalue weighted by Crippen LogP contribution is -2.13. The monoisotopic (exact) mass is 185 g/mol. The Morgan fingerprint density at radius 1 is 1.58 bits per heavy atom. The highest BCUT2D eigenvalue weighted by atomic mass is 32.1. The van der Waals surface area contributed by atoms with Crippen molar-refractivity contribution in [3.8, 4) is 5.75 Å². The SMILES string of the molecule is COc1cccc(F)c1C(N)=S. The van der Waals surface area contributed by atoms with Gasteiger partial charge in [-0.3, -0.25) is 0 Å². The van der Waals surface area contributed by atoms with Crippen LogP contribution in [0.3, 0.4) is 0 Å². The van der Waals surface area contributed by atoms with Crippen molar-refractivity contribution in [3.05, 3.63) is 29.6 Å². The van der Waals surface area contributed by atoms with E-state index in [1.807, 2.05) is 0 Å². The second-order valence-electron chi connectivity index (χ2n) is 2.18. The van der Waals surface area contributed by atoms with Gasteiger partial charge in [-0.1, -0.05) is 18.3 Å². The normalized spacial score (nSPS) is 9.50. The van der Waals surface area contributed by atoms with Gasteiger partial charge in [-0.25, -0.2) is 4.39 Å². The fraction of sp³-hybridized carbons (Fsp3) is 0.125. The lowest BCUT2D eigenvalue weighted by Gasteiger charge is -2.06. The largest absolute Gasteiger partial charge is 0.496 e. The number of benzene rings is 1. The van der Waals surface area contributed by atoms with Crippen molar-refractivity contribution in [3.63, 3.8) is 0 Å². The molecule has 0 aromatic heterocycles. The lowest BCUT2D eigenvalue weighted by atomic mass is 10.2. The molecule has 1 rings (SSSR count). The summed E-state index contributed by atoms with van der Waals surface area (Å²) in [5, 5.41) is 0. The molecule has 0 radical (unpaired) electrons. The average Bonchev–Trinajstić information content (AvgIpc) is 2.03. The van der Waals surface area contributed by atoms with Gasteiger partial charge >= 0.3 is 0 Å². The Kier molecular flexibility index (Phi) is 2.60. The minimum atomic E-state index is -0.457. The van der Waals surface area contributed by atoms with Crippen LogP contribution >= 0.6 is 12.2 Å². The van der Waals surface area contributed by atoms with Crippen LogP contribution in [-0.2, 0) is 0 Å². The highest BCUT2D eigenvalue weighted by Crippen LogP contribution is 2.20. The summed E-state index contributed by atoms with van der Waals surface area (Å²) in [6, 6.07) is 4.44. The van der Waals surface area contributed by atoms with E-state index in [4.69, 9.17) is 10.5 Å². The van der Waals surface area contributed by atoms with Gasteiger partial charge in [-0.15, -0.1) is 0 Å². The topological polar surface area (TPSA) is 35.2 Å². The molecule has 0 saturated carbocycles. The number of hydrogen-bond donors (Lipinski definition) is 1. The van der Waals surface area contributed by atoms with E-state index >= 15 is 0 Å². The predicted molar refractivity (Wildman–Crippen MR) is 48.8 cm³/mol. The Morgan fingerprint density at radius 2 is 2.25 bits per heavy atom. The zero-order chi connectivity index (χ0) is 9.14. The molecule has 0 heterocycles. The zero-order valence-corrected chi connectivity index (χ0v) is 7.32. The first-order chi connectivity index (χ1) is 5.66. The fourth-order valence-electron chi connectivity index (χ4n) is 0.914. The molecule has 0 aliphatic heterocycles. The first kappa shape index (κ1) is 8.93. The Hall–Kier alpha value is -1.16. The quantitative estimate of drug-likeness (QED) is 0.708. The number of nitrogens with two attached hydrogens (primary N) is 1. The Bertz CT molecular complexity index is 314. The molecule has 2 nitrogen and oxygen atoms in total. The van der Waals surface area contributed by atoms with Gasteiger partial charge in [0.05, 0.1) is 12.7 Å². The zero-order valence-electron chi connectivity index (χ0n) is 6.50. The van der Waals surface area contributed by atoms with Crippen LogP contribution in [0.2, 0.25) is 0 Å². The third-order valence-electron chi connectivity index (χ3n) is 1.44. The molecular weight excluding hydrogens is 177 g/mol. The van der Waals surface area contributed by atoms with Crippen LogP contribution in [0.25, 0.3) is 0 Å². The molecule has 0 bridgehead atoms. The molecule has 1 aromatic rings. The van der Waals surface area contributed by atoms with Crippen molar-refractivity contribution in [2.24, 2.45) is 5.73 Å². The molecule has 0 unspecified atom stereocenters. The standard InChI is InChI=1S/C8H8FNOS/c1-11-6-4-2-3-5(9)7(6)8(10)12/h2-4H,1H3,(H2,10,12). The van der Waals surface area contributed by atoms with Crippen LogP contribution in [0.4, 0.5) is 4.39 Å². The van der Waals surface area contributed by atoms with Gasteiger partial charge in [0, 0.05) is 0 Å². The number of hydrogen-bond acceptors (Lipinski definition) is 2. The van der Waals surface area contributed by atoms with Crippen molar-refractivity contribution in [1.82, 2.24) is 0 Å². The molecule has 0 saturated heterocycles. The maximum Gasteiger partial charge on any atom is 0.137 e. The van der Waals surface area contributed by atoms with Gasteiger partial charge in [-0.05, 0) is 12.1 Å². The van der Waals surface area contributed by atoms with Gasteiger partial charge in [0.15, 0.2) is 0 Å². The Balaban J connectivity index is 3.29. The van der Waals surface area contributed by atoms with E-state index < -0.39 is 5.82 Å². The number of halogens is 1. The van der Waals surface area contributed by atoms with E-state index in [0.29, 0.717) is 5.75 Å². The van der Waals surface area contributed by atoms with Crippen LogP contribution in [-0.4, -0.2) is 12.1 Å². The van der Waals surface area contributed by atoms with Crippen LogP contribution in [0, 0.1) is 5.82 Å². The molecule has 4 heteroatoms. The first-order valence-electron chi connectivity index (χ1n) is 3.29. The molecule has 1 aromatic carbocycles. The predicted octanol–water partition coefficient (Wildman–Crippen LogP) is 1.47. The first-order valence-corrected chi connectivity index (χ1v) is 3.70. The second kappa shape index (κ2) is 3.49. The lowest BCUT2D eigenvalue weighted by molar-refractivity contribution is 0.410. The van der Waals surface area contributed by atoms with E-state index in [1.165, 1.54) is 19.2 Å². The van der Waals surface area contributed by atoms with E-state index in [9.17, 15) is 4.39 Å². The molecule has 0 aliphatic rings. The van der Waals surface area contributed by atoms with Gasteiger partial charge in [0.2, 0.25) is 0 Å². The van der Waals surface area contributed by atoms with Gasteiger partial charge in [0.25, 0.3) is 0 Å². The van der Waals surface area contributed by atoms with Crippen LogP contribution in [0.15, 0.2) is 18.2 Å². The number of rotatable bonds is 2. The van der Waals surface area contributed by atoms with Crippen molar-refractivity contribution in [2.75, 3.05) is 7.11 Å². The number of ether oxygens (including phenoxy) is 1. The Labute approximate surface area is 75.1 Å². The molecular formula is C8H8FNOS. The van der Waals surface area contributed by atoms with Gasteiger partial charge in [-0.2, -0.15) is 0 Å². The molecule has 64 valence electrons. The molecule has 12 heavy (non-hydrogen) atoms. The highest BCUT2D eigenvalue weighted by molar-refractivity contribution is 7.80. The molecule has 0 spiro atoms. The summed E-state index contributed by atoms with van der Waals surface area (Å²) in [4.78, 5) is 0.00458. The summed E-state index contributed by atoms with van der Waals surface area (Å²) >= 11 is 4.66. The number of methoxy groups -OCH3 is 1. The smallest absolute Gasteiger partial charge is 0.137 e. The fourth-order valence-corrected chi connectivity index (χ4v) is 1.11. The van der Waals surface area contributed by atoms with Crippen molar-refractivity contribution >= 4 is 17.2 Å². The molecule has 0 amide bonds. The average molecular weight is 185 g/mol. The molecule has 0 aliphatic carbocycles. The summed E-state index contributed by atoms with van der Waals surface area (Å²) in [6.45, 7) is 0. The third-order valence-corrected chi connectivity index (χ3v) is 1.65. The van der Waals surface area contributed by atoms with Gasteiger partial charge < -0.3 is 10.5 Å². The van der Waals surface area contributed by atoms with E-state index in [-0.39, 0.29) is 10.6 Å². The highest BCUT2D eigenvalue weighted by Gasteiger charge is 2.10. The summed E-state index contributed by atoms with van der Waals surface area (Å²) in [5.41, 5.74) is 5.46. The second-order valence-corrected chi connectivity index (χ2v) is 2.62. The Morgan fingerprint density at radius 3 is 2.67 bits per heavy atom. The van der Waals surface area contributed by atoms with E-state index in [0.717, 1.165) is 0 Å². The van der Waals surface area contributed by atoms with Crippen molar-refractivity contribution in [2.45, 2.75) is 0 Å². The third kappa shape index (κ3) is 1.53. The van der Waals surface area contributed by atoms with Crippen LogP contribution in [0.1, 0.15) is 5.56 Å². The molecule has 0 atom stereocenters. The minimum Gasteiger partial charge on any atom is -0.496 e. The number of thiocarbonyl (C=S) groups is 1. The summed E-state index contributed by atoms with van der Waals surface area (Å²) in [5.74, 6) is -0.0932. The van der Waals surface area contributed by atoms with E-state index in [2.05, 4.69) is 12.2 Å². The van der Waals surface area contributed by atoms with Crippen molar-refractivity contribution < 1.29 is 9.13 Å². The maximum atomic E-state index is 13.0. The maximum absolute atomic E-state index is 13.0. The minimum absolute atomic E-state index is 0.00458. The van der Waals surface area contributed by atoms with Crippen LogP contribution < -0.4 is 10.5 Å². The molecule has 2 N–H and O–H groups in total. The van der Waals surface area contributed by atoms with Crippen LogP contribution in [0.5, 0.6) is 5.75 Å². The summed E-state index contributed by atoms with van der Waals surface area (Å²) in [6.07, 6.45) is 0. The summed E-state index contributed by atoms with van der Waals surface area (Å²) < 4.78 is 17.9. The van der Waals surface area contributed by atoms with Crippen molar-refractivity contribution in [1.29, 1.82) is 0 Å². The summed E-state index contributed by atoms with van der Waals surface area (Å²) in [7, 11) is 1.44.